The number of piperazine rings is 1. The van der Waals surface area contributed by atoms with E-state index in [1.807, 2.05) is 17.2 Å². The van der Waals surface area contributed by atoms with Crippen LogP contribution in [0.5, 0.6) is 0 Å². The van der Waals surface area contributed by atoms with Crippen LogP contribution in [0.4, 0.5) is 0 Å². The van der Waals surface area contributed by atoms with Crippen LogP contribution in [0, 0.1) is 0 Å². The largest absolute Gasteiger partial charge is 0.339 e. The maximum Gasteiger partial charge on any atom is 0.239 e. The van der Waals surface area contributed by atoms with E-state index in [9.17, 15) is 4.79 Å². The highest BCUT2D eigenvalue weighted by Gasteiger charge is 2.28. The number of hydrogen-bond acceptors (Lipinski definition) is 4. The second-order valence-corrected chi connectivity index (χ2v) is 5.97. The number of amides is 1. The highest BCUT2D eigenvalue weighted by atomic mass is 35.5. The van der Waals surface area contributed by atoms with E-state index in [1.54, 1.807) is 6.20 Å². The van der Waals surface area contributed by atoms with Gasteiger partial charge in [0.25, 0.3) is 0 Å². The summed E-state index contributed by atoms with van der Waals surface area (Å²) >= 11 is 0. The van der Waals surface area contributed by atoms with Crippen molar-refractivity contribution < 1.29 is 4.79 Å². The van der Waals surface area contributed by atoms with Gasteiger partial charge in [0.15, 0.2) is 0 Å². The molecule has 2 saturated heterocycles. The lowest BCUT2D eigenvalue weighted by Crippen LogP contribution is -2.54. The van der Waals surface area contributed by atoms with Gasteiger partial charge in [-0.15, -0.1) is 12.4 Å². The Hall–Kier alpha value is -1.17. The first-order valence-electron chi connectivity index (χ1n) is 7.96. The monoisotopic (exact) mass is 324 g/mol. The van der Waals surface area contributed by atoms with Crippen LogP contribution in [0.2, 0.25) is 0 Å². The molecule has 0 bridgehead atoms. The summed E-state index contributed by atoms with van der Waals surface area (Å²) in [6.07, 6.45) is 7.09. The Morgan fingerprint density at radius 1 is 1.27 bits per heavy atom. The van der Waals surface area contributed by atoms with Crippen LogP contribution >= 0.6 is 12.4 Å². The second-order valence-electron chi connectivity index (χ2n) is 5.97. The van der Waals surface area contributed by atoms with Gasteiger partial charge in [0.05, 0.1) is 6.04 Å². The van der Waals surface area contributed by atoms with Crippen molar-refractivity contribution in [1.82, 2.24) is 20.1 Å². The lowest BCUT2D eigenvalue weighted by molar-refractivity contribution is -0.135. The maximum absolute atomic E-state index is 12.5. The van der Waals surface area contributed by atoms with Crippen molar-refractivity contribution in [2.24, 2.45) is 0 Å². The predicted molar refractivity (Wildman–Crippen MR) is 89.0 cm³/mol. The molecule has 3 heterocycles. The van der Waals surface area contributed by atoms with E-state index in [0.717, 1.165) is 45.7 Å². The Morgan fingerprint density at radius 2 is 2.09 bits per heavy atom. The van der Waals surface area contributed by atoms with Gasteiger partial charge in [0.1, 0.15) is 0 Å². The Balaban J connectivity index is 0.00000176. The number of nitrogens with zero attached hydrogens (tertiary/aromatic N) is 3. The molecule has 2 fully saturated rings. The van der Waals surface area contributed by atoms with Gasteiger partial charge in [0, 0.05) is 45.1 Å². The summed E-state index contributed by atoms with van der Waals surface area (Å²) in [5.41, 5.74) is 1.24. The Kier molecular flexibility index (Phi) is 6.61. The summed E-state index contributed by atoms with van der Waals surface area (Å²) in [6.45, 7) is 5.50. The number of carbonyl (C=O) groups is 1. The molecule has 2 aliphatic heterocycles. The Bertz CT molecular complexity index is 456. The molecule has 1 aromatic rings. The van der Waals surface area contributed by atoms with E-state index in [-0.39, 0.29) is 18.4 Å². The molecular formula is C16H25ClN4O. The zero-order valence-corrected chi connectivity index (χ0v) is 13.7. The highest BCUT2D eigenvalue weighted by molar-refractivity contribution is 5.85. The topological polar surface area (TPSA) is 48.5 Å². The minimum atomic E-state index is 0. The van der Waals surface area contributed by atoms with Crippen LogP contribution in [0.3, 0.4) is 0 Å². The number of piperidine rings is 1. The number of aromatic nitrogens is 1. The predicted octanol–water partition coefficient (Wildman–Crippen LogP) is 1.29. The van der Waals surface area contributed by atoms with Gasteiger partial charge in [-0.25, -0.2) is 0 Å². The quantitative estimate of drug-likeness (QED) is 0.910. The summed E-state index contributed by atoms with van der Waals surface area (Å²) in [7, 11) is 0. The fourth-order valence-corrected chi connectivity index (χ4v) is 3.16. The molecule has 5 nitrogen and oxygen atoms in total. The van der Waals surface area contributed by atoms with E-state index < -0.39 is 0 Å². The molecule has 3 rings (SSSR count). The Labute approximate surface area is 138 Å². The molecule has 122 valence electrons. The van der Waals surface area contributed by atoms with Crippen LogP contribution < -0.4 is 5.32 Å². The minimum absolute atomic E-state index is 0. The molecule has 1 aromatic heterocycles. The lowest BCUT2D eigenvalue weighted by Gasteiger charge is -2.37. The van der Waals surface area contributed by atoms with Gasteiger partial charge in [-0.3, -0.25) is 14.7 Å². The van der Waals surface area contributed by atoms with Crippen LogP contribution in [0.1, 0.15) is 24.8 Å². The van der Waals surface area contributed by atoms with E-state index >= 15 is 0 Å². The van der Waals surface area contributed by atoms with Crippen molar-refractivity contribution in [2.75, 3.05) is 32.7 Å². The van der Waals surface area contributed by atoms with Crippen LogP contribution in [0.15, 0.2) is 24.5 Å². The molecule has 1 amide bonds. The maximum atomic E-state index is 12.5. The number of nitrogens with one attached hydrogen (secondary N) is 1. The van der Waals surface area contributed by atoms with Gasteiger partial charge in [0.2, 0.25) is 5.91 Å². The van der Waals surface area contributed by atoms with E-state index in [1.165, 1.54) is 18.4 Å². The average Bonchev–Trinajstić information content (AvgIpc) is 2.57. The molecule has 0 radical (unpaired) electrons. The van der Waals surface area contributed by atoms with Gasteiger partial charge in [-0.1, -0.05) is 12.5 Å². The summed E-state index contributed by atoms with van der Waals surface area (Å²) in [5.74, 6) is 0.302. The smallest absolute Gasteiger partial charge is 0.239 e. The number of carbonyl (C=O) groups excluding carboxylic acids is 1. The molecule has 6 heteroatoms. The van der Waals surface area contributed by atoms with Gasteiger partial charge >= 0.3 is 0 Å². The number of halogens is 1. The van der Waals surface area contributed by atoms with Crippen LogP contribution in [-0.2, 0) is 11.3 Å². The van der Waals surface area contributed by atoms with Crippen LogP contribution in [0.25, 0.3) is 0 Å². The van der Waals surface area contributed by atoms with Crippen molar-refractivity contribution in [1.29, 1.82) is 0 Å². The molecule has 0 aliphatic carbocycles. The number of pyridine rings is 1. The summed E-state index contributed by atoms with van der Waals surface area (Å²) in [4.78, 5) is 21.0. The van der Waals surface area contributed by atoms with E-state index in [2.05, 4.69) is 21.3 Å². The molecule has 0 aromatic carbocycles. The van der Waals surface area contributed by atoms with E-state index in [4.69, 9.17) is 0 Å². The van der Waals surface area contributed by atoms with Gasteiger partial charge < -0.3 is 10.2 Å². The Morgan fingerprint density at radius 3 is 2.73 bits per heavy atom. The zero-order chi connectivity index (χ0) is 14.5. The van der Waals surface area contributed by atoms with E-state index in [0.29, 0.717) is 5.91 Å². The molecule has 22 heavy (non-hydrogen) atoms. The average molecular weight is 325 g/mol. The fraction of sp³-hybridized carbons (Fsp3) is 0.625. The SMILES string of the molecule is Cl.O=C([C@@H]1CCCCN1)N1CCN(Cc2cccnc2)CC1. The van der Waals surface area contributed by atoms with Gasteiger partial charge in [-0.05, 0) is 31.0 Å². The standard InChI is InChI=1S/C16H24N4O.ClH/c21-16(15-5-1-2-7-18-15)20-10-8-19(9-11-20)13-14-4-3-6-17-12-14;/h3-4,6,12,15,18H,1-2,5,7-11,13H2;1H/t15-;/m0./s1. The van der Waals surface area contributed by atoms with Crippen molar-refractivity contribution >= 4 is 18.3 Å². The number of hydrogen-bond donors (Lipinski definition) is 1. The molecule has 1 atom stereocenters. The highest BCUT2D eigenvalue weighted by Crippen LogP contribution is 2.13. The third-order valence-corrected chi connectivity index (χ3v) is 4.42. The van der Waals surface area contributed by atoms with Crippen LogP contribution in [-0.4, -0.2) is 59.5 Å². The fourth-order valence-electron chi connectivity index (χ4n) is 3.16. The molecule has 0 spiro atoms. The van der Waals surface area contributed by atoms with Gasteiger partial charge in [-0.2, -0.15) is 0 Å². The third kappa shape index (κ3) is 4.41. The molecule has 1 N–H and O–H groups in total. The summed E-state index contributed by atoms with van der Waals surface area (Å²) in [5, 5.41) is 3.35. The second kappa shape index (κ2) is 8.46. The molecule has 2 aliphatic rings. The first-order valence-corrected chi connectivity index (χ1v) is 7.96. The summed E-state index contributed by atoms with van der Waals surface area (Å²) < 4.78 is 0. The minimum Gasteiger partial charge on any atom is -0.339 e. The van der Waals surface area contributed by atoms with Crippen molar-refractivity contribution in [3.05, 3.63) is 30.1 Å². The van der Waals surface area contributed by atoms with Crippen molar-refractivity contribution in [3.8, 4) is 0 Å². The summed E-state index contributed by atoms with van der Waals surface area (Å²) in [6, 6.07) is 4.14. The molecule has 0 saturated carbocycles. The molecular weight excluding hydrogens is 300 g/mol. The van der Waals surface area contributed by atoms with Crippen molar-refractivity contribution in [3.63, 3.8) is 0 Å². The normalized spacial score (nSPS) is 22.9. The first kappa shape index (κ1) is 17.2. The number of rotatable bonds is 3. The molecule has 0 unspecified atom stereocenters. The first-order chi connectivity index (χ1) is 10.3. The third-order valence-electron chi connectivity index (χ3n) is 4.42. The van der Waals surface area contributed by atoms with Crippen molar-refractivity contribution in [2.45, 2.75) is 31.8 Å². The zero-order valence-electron chi connectivity index (χ0n) is 12.9. The lowest BCUT2D eigenvalue weighted by atomic mass is 10.0.